The van der Waals surface area contributed by atoms with Crippen LogP contribution in [-0.4, -0.2) is 25.4 Å². The standard InChI is InChI=1S/C24H18Cl2FN5O/c1-12(2)32-19-9-4-3-8-17(19)29-24(32)31-23(33)13-10-15(26)21-18(11-13)28-22(30-21)20-14(25)6-5-7-16(20)27/h3-12H,1-2H3,(H,28,30)(H,29,31,33). The van der Waals surface area contributed by atoms with Crippen LogP contribution in [0, 0.1) is 5.82 Å². The molecule has 9 heteroatoms. The number of carbonyl (C=O) groups excluding carboxylic acids is 1. The lowest BCUT2D eigenvalue weighted by molar-refractivity contribution is 0.102. The fraction of sp³-hybridized carbons (Fsp3) is 0.125. The van der Waals surface area contributed by atoms with Crippen LogP contribution in [0.2, 0.25) is 10.0 Å². The summed E-state index contributed by atoms with van der Waals surface area (Å²) in [5, 5.41) is 3.36. The Morgan fingerprint density at radius 2 is 1.85 bits per heavy atom. The smallest absolute Gasteiger partial charge is 0.258 e. The molecule has 5 rings (SSSR count). The minimum atomic E-state index is -0.511. The van der Waals surface area contributed by atoms with Gasteiger partial charge in [0.2, 0.25) is 5.95 Å². The third-order valence-electron chi connectivity index (χ3n) is 5.34. The number of benzene rings is 3. The normalized spacial score (nSPS) is 11.6. The third kappa shape index (κ3) is 3.73. The zero-order chi connectivity index (χ0) is 23.3. The average Bonchev–Trinajstić information content (AvgIpc) is 3.35. The van der Waals surface area contributed by atoms with Gasteiger partial charge >= 0.3 is 0 Å². The van der Waals surface area contributed by atoms with E-state index in [9.17, 15) is 9.18 Å². The quantitative estimate of drug-likeness (QED) is 0.294. The third-order valence-corrected chi connectivity index (χ3v) is 5.94. The van der Waals surface area contributed by atoms with Crippen molar-refractivity contribution >= 4 is 57.1 Å². The number of carbonyl (C=O) groups is 1. The predicted molar refractivity (Wildman–Crippen MR) is 130 cm³/mol. The highest BCUT2D eigenvalue weighted by Gasteiger charge is 2.20. The summed E-state index contributed by atoms with van der Waals surface area (Å²) in [5.41, 5.74) is 3.07. The zero-order valence-electron chi connectivity index (χ0n) is 17.7. The van der Waals surface area contributed by atoms with Crippen molar-refractivity contribution in [1.29, 1.82) is 0 Å². The van der Waals surface area contributed by atoms with Crippen LogP contribution in [0.1, 0.15) is 30.2 Å². The van der Waals surface area contributed by atoms with Crippen molar-refractivity contribution in [2.45, 2.75) is 19.9 Å². The second kappa shape index (κ2) is 8.17. The molecule has 1 amide bonds. The minimum absolute atomic E-state index is 0.0828. The maximum absolute atomic E-state index is 14.4. The van der Waals surface area contributed by atoms with Gasteiger partial charge in [-0.3, -0.25) is 10.1 Å². The summed E-state index contributed by atoms with van der Waals surface area (Å²) in [4.78, 5) is 25.1. The molecule has 33 heavy (non-hydrogen) atoms. The van der Waals surface area contributed by atoms with Gasteiger partial charge in [0.05, 0.1) is 32.2 Å². The van der Waals surface area contributed by atoms with Crippen molar-refractivity contribution < 1.29 is 9.18 Å². The van der Waals surface area contributed by atoms with E-state index in [4.69, 9.17) is 23.2 Å². The SMILES string of the molecule is CC(C)n1c(NC(=O)c2cc(Cl)c3nc(-c4c(F)cccc4Cl)[nH]c3c2)nc2ccccc21. The maximum Gasteiger partial charge on any atom is 0.258 e. The molecule has 0 saturated heterocycles. The van der Waals surface area contributed by atoms with Crippen LogP contribution < -0.4 is 5.32 Å². The van der Waals surface area contributed by atoms with E-state index in [0.717, 1.165) is 11.0 Å². The Morgan fingerprint density at radius 1 is 1.06 bits per heavy atom. The Hall–Kier alpha value is -3.42. The molecule has 0 spiro atoms. The number of amides is 1. The molecule has 166 valence electrons. The monoisotopic (exact) mass is 481 g/mol. The van der Waals surface area contributed by atoms with Gasteiger partial charge in [-0.2, -0.15) is 0 Å². The van der Waals surface area contributed by atoms with Crippen LogP contribution >= 0.6 is 23.2 Å². The summed E-state index contributed by atoms with van der Waals surface area (Å²) in [6.45, 7) is 4.04. The number of nitrogens with zero attached hydrogens (tertiary/aromatic N) is 3. The molecule has 3 aromatic carbocycles. The Morgan fingerprint density at radius 3 is 2.61 bits per heavy atom. The molecule has 6 nitrogen and oxygen atoms in total. The molecule has 0 atom stereocenters. The van der Waals surface area contributed by atoms with Crippen LogP contribution in [0.5, 0.6) is 0 Å². The molecule has 5 aromatic rings. The summed E-state index contributed by atoms with van der Waals surface area (Å²) in [6.07, 6.45) is 0. The number of fused-ring (bicyclic) bond motifs is 2. The molecule has 0 bridgehead atoms. The first-order valence-corrected chi connectivity index (χ1v) is 11.0. The molecular weight excluding hydrogens is 464 g/mol. The lowest BCUT2D eigenvalue weighted by Gasteiger charge is -2.13. The first kappa shape index (κ1) is 21.4. The van der Waals surface area contributed by atoms with Crippen LogP contribution in [0.15, 0.2) is 54.6 Å². The average molecular weight is 482 g/mol. The lowest BCUT2D eigenvalue weighted by Crippen LogP contribution is -2.17. The van der Waals surface area contributed by atoms with E-state index in [0.29, 0.717) is 22.5 Å². The summed E-state index contributed by atoms with van der Waals surface area (Å²) >= 11 is 12.6. The highest BCUT2D eigenvalue weighted by Crippen LogP contribution is 2.33. The van der Waals surface area contributed by atoms with Crippen molar-refractivity contribution in [3.8, 4) is 11.4 Å². The molecule has 0 aliphatic heterocycles. The van der Waals surface area contributed by atoms with Gasteiger partial charge < -0.3 is 9.55 Å². The van der Waals surface area contributed by atoms with Gasteiger partial charge in [0.1, 0.15) is 17.2 Å². The molecule has 2 heterocycles. The number of imidazole rings is 2. The first-order chi connectivity index (χ1) is 15.8. The number of aromatic amines is 1. The Kier molecular flexibility index (Phi) is 5.31. The Balaban J connectivity index is 1.54. The number of hydrogen-bond acceptors (Lipinski definition) is 3. The van der Waals surface area contributed by atoms with Crippen molar-refractivity contribution in [2.24, 2.45) is 0 Å². The number of rotatable bonds is 4. The van der Waals surface area contributed by atoms with Crippen LogP contribution in [0.4, 0.5) is 10.3 Å². The lowest BCUT2D eigenvalue weighted by atomic mass is 10.2. The number of hydrogen-bond donors (Lipinski definition) is 2. The number of nitrogens with one attached hydrogen (secondary N) is 2. The summed E-state index contributed by atoms with van der Waals surface area (Å²) in [5.74, 6) is -0.218. The predicted octanol–water partition coefficient (Wildman–Crippen LogP) is 6.86. The van der Waals surface area contributed by atoms with Gasteiger partial charge in [-0.1, -0.05) is 41.4 Å². The van der Waals surface area contributed by atoms with Crippen LogP contribution in [0.25, 0.3) is 33.5 Å². The molecule has 0 radical (unpaired) electrons. The van der Waals surface area contributed by atoms with E-state index >= 15 is 0 Å². The summed E-state index contributed by atoms with van der Waals surface area (Å²) in [6, 6.07) is 15.3. The van der Waals surface area contributed by atoms with Crippen LogP contribution in [-0.2, 0) is 0 Å². The summed E-state index contributed by atoms with van der Waals surface area (Å²) in [7, 11) is 0. The van der Waals surface area contributed by atoms with Crippen LogP contribution in [0.3, 0.4) is 0 Å². The molecular formula is C24H18Cl2FN5O. The molecule has 0 aliphatic carbocycles. The van der Waals surface area contributed by atoms with E-state index in [1.165, 1.54) is 18.2 Å². The molecule has 0 saturated carbocycles. The fourth-order valence-corrected chi connectivity index (χ4v) is 4.39. The fourth-order valence-electron chi connectivity index (χ4n) is 3.88. The largest absolute Gasteiger partial charge is 0.338 e. The van der Waals surface area contributed by atoms with Gasteiger partial charge in [-0.25, -0.2) is 14.4 Å². The molecule has 0 aliphatic rings. The number of anilines is 1. The minimum Gasteiger partial charge on any atom is -0.338 e. The van der Waals surface area contributed by atoms with E-state index in [1.807, 2.05) is 42.7 Å². The number of halogens is 3. The van der Waals surface area contributed by atoms with E-state index in [2.05, 4.69) is 20.3 Å². The highest BCUT2D eigenvalue weighted by molar-refractivity contribution is 6.36. The molecule has 0 unspecified atom stereocenters. The van der Waals surface area contributed by atoms with Crippen molar-refractivity contribution in [3.05, 3.63) is 76.0 Å². The number of aromatic nitrogens is 4. The van der Waals surface area contributed by atoms with Gasteiger partial charge in [0.15, 0.2) is 0 Å². The highest BCUT2D eigenvalue weighted by atomic mass is 35.5. The Bertz CT molecular complexity index is 1520. The molecule has 2 aromatic heterocycles. The maximum atomic E-state index is 14.4. The van der Waals surface area contributed by atoms with E-state index in [1.54, 1.807) is 12.1 Å². The second-order valence-corrected chi connectivity index (χ2v) is 8.69. The molecule has 2 N–H and O–H groups in total. The summed E-state index contributed by atoms with van der Waals surface area (Å²) < 4.78 is 16.3. The van der Waals surface area contributed by atoms with Gasteiger partial charge in [0, 0.05) is 11.6 Å². The topological polar surface area (TPSA) is 75.6 Å². The van der Waals surface area contributed by atoms with Crippen molar-refractivity contribution in [2.75, 3.05) is 5.32 Å². The van der Waals surface area contributed by atoms with Gasteiger partial charge in [-0.15, -0.1) is 0 Å². The number of H-pyrrole nitrogens is 1. The van der Waals surface area contributed by atoms with Gasteiger partial charge in [-0.05, 0) is 50.2 Å². The van der Waals surface area contributed by atoms with E-state index in [-0.39, 0.29) is 33.4 Å². The molecule has 0 fully saturated rings. The van der Waals surface area contributed by atoms with Crippen molar-refractivity contribution in [1.82, 2.24) is 19.5 Å². The zero-order valence-corrected chi connectivity index (χ0v) is 19.2. The van der Waals surface area contributed by atoms with E-state index < -0.39 is 5.82 Å². The Labute approximate surface area is 198 Å². The van der Waals surface area contributed by atoms with Gasteiger partial charge in [0.25, 0.3) is 5.91 Å². The first-order valence-electron chi connectivity index (χ1n) is 10.3. The second-order valence-electron chi connectivity index (χ2n) is 7.88. The number of para-hydroxylation sites is 2. The van der Waals surface area contributed by atoms with Crippen molar-refractivity contribution in [3.63, 3.8) is 0 Å².